The number of nitrogens with one attached hydrogen (secondary N) is 1. The highest BCUT2D eigenvalue weighted by atomic mass is 32.2. The van der Waals surface area contributed by atoms with Gasteiger partial charge in [-0.1, -0.05) is 6.92 Å². The smallest absolute Gasteiger partial charge is 0.251 e. The Balaban J connectivity index is 2.80. The molecule has 1 aromatic carbocycles. The summed E-state index contributed by atoms with van der Waals surface area (Å²) in [4.78, 5) is 13.1. The first-order chi connectivity index (χ1) is 8.60. The van der Waals surface area contributed by atoms with Crippen molar-refractivity contribution in [2.45, 2.75) is 23.8 Å². The number of carbonyl (C=O) groups excluding carboxylic acids is 1. The van der Waals surface area contributed by atoms with Crippen molar-refractivity contribution in [1.29, 1.82) is 0 Å². The van der Waals surface area contributed by atoms with E-state index in [0.717, 1.165) is 4.90 Å². The van der Waals surface area contributed by atoms with Crippen molar-refractivity contribution >= 4 is 17.7 Å². The Morgan fingerprint density at radius 1 is 1.28 bits per heavy atom. The fourth-order valence-electron chi connectivity index (χ4n) is 1.50. The zero-order valence-corrected chi connectivity index (χ0v) is 11.5. The lowest BCUT2D eigenvalue weighted by atomic mass is 9.98. The number of thioether (sulfide) groups is 1. The van der Waals surface area contributed by atoms with Crippen molar-refractivity contribution < 1.29 is 15.0 Å². The minimum atomic E-state index is -0.949. The predicted octanol–water partition coefficient (Wildman–Crippen LogP) is 1.27. The van der Waals surface area contributed by atoms with Crippen LogP contribution in [0.5, 0.6) is 0 Å². The third kappa shape index (κ3) is 3.48. The van der Waals surface area contributed by atoms with Gasteiger partial charge in [-0.15, -0.1) is 11.8 Å². The lowest BCUT2D eigenvalue weighted by molar-refractivity contribution is 0.0653. The number of hydrogen-bond acceptors (Lipinski definition) is 4. The van der Waals surface area contributed by atoms with E-state index >= 15 is 0 Å². The molecular formula is C13H19NO3S. The molecule has 0 aliphatic rings. The maximum absolute atomic E-state index is 12.0. The Hall–Kier alpha value is -1.04. The Bertz CT molecular complexity index is 379. The van der Waals surface area contributed by atoms with Crippen molar-refractivity contribution in [1.82, 2.24) is 5.32 Å². The molecule has 18 heavy (non-hydrogen) atoms. The molecule has 3 N–H and O–H groups in total. The van der Waals surface area contributed by atoms with E-state index in [4.69, 9.17) is 0 Å². The van der Waals surface area contributed by atoms with Crippen molar-refractivity contribution in [3.05, 3.63) is 29.8 Å². The van der Waals surface area contributed by atoms with Gasteiger partial charge in [0.2, 0.25) is 0 Å². The topological polar surface area (TPSA) is 69.6 Å². The maximum atomic E-state index is 12.0. The first kappa shape index (κ1) is 15.0. The van der Waals surface area contributed by atoms with Crippen LogP contribution < -0.4 is 5.32 Å². The van der Waals surface area contributed by atoms with E-state index in [0.29, 0.717) is 12.0 Å². The van der Waals surface area contributed by atoms with Gasteiger partial charge in [-0.3, -0.25) is 4.79 Å². The molecule has 0 unspecified atom stereocenters. The summed E-state index contributed by atoms with van der Waals surface area (Å²) in [6, 6.07) is 7.20. The Morgan fingerprint density at radius 3 is 2.22 bits per heavy atom. The average Bonchev–Trinajstić information content (AvgIpc) is 2.45. The fourth-order valence-corrected chi connectivity index (χ4v) is 1.90. The van der Waals surface area contributed by atoms with Gasteiger partial charge in [-0.05, 0) is 36.9 Å². The summed E-state index contributed by atoms with van der Waals surface area (Å²) in [7, 11) is 0. The highest BCUT2D eigenvalue weighted by molar-refractivity contribution is 7.98. The molecule has 0 fully saturated rings. The molecule has 0 saturated heterocycles. The van der Waals surface area contributed by atoms with E-state index in [1.165, 1.54) is 0 Å². The first-order valence-corrected chi connectivity index (χ1v) is 7.01. The SMILES string of the molecule is CCC(CO)(CO)NC(=O)c1ccc(SC)cc1. The van der Waals surface area contributed by atoms with Crippen molar-refractivity contribution in [2.24, 2.45) is 0 Å². The zero-order valence-electron chi connectivity index (χ0n) is 10.6. The van der Waals surface area contributed by atoms with Crippen LogP contribution >= 0.6 is 11.8 Å². The number of aliphatic hydroxyl groups excluding tert-OH is 2. The third-order valence-corrected chi connectivity index (χ3v) is 3.76. The predicted molar refractivity (Wildman–Crippen MR) is 72.9 cm³/mol. The summed E-state index contributed by atoms with van der Waals surface area (Å²) in [5.41, 5.74) is -0.428. The van der Waals surface area contributed by atoms with Crippen LogP contribution in [0.2, 0.25) is 0 Å². The molecule has 1 rings (SSSR count). The first-order valence-electron chi connectivity index (χ1n) is 5.79. The van der Waals surface area contributed by atoms with E-state index in [9.17, 15) is 15.0 Å². The normalized spacial score (nSPS) is 11.3. The number of aliphatic hydroxyl groups is 2. The van der Waals surface area contributed by atoms with E-state index in [-0.39, 0.29) is 19.1 Å². The molecule has 1 amide bonds. The summed E-state index contributed by atoms with van der Waals surface area (Å²) in [6.07, 6.45) is 2.43. The van der Waals surface area contributed by atoms with Crippen LogP contribution in [0, 0.1) is 0 Å². The molecule has 0 heterocycles. The number of benzene rings is 1. The van der Waals surface area contributed by atoms with Gasteiger partial charge in [0, 0.05) is 10.5 Å². The maximum Gasteiger partial charge on any atom is 0.251 e. The average molecular weight is 269 g/mol. The standard InChI is InChI=1S/C13H19NO3S/c1-3-13(8-15,9-16)14-12(17)10-4-6-11(18-2)7-5-10/h4-7,15-16H,3,8-9H2,1-2H3,(H,14,17). The van der Waals surface area contributed by atoms with E-state index in [2.05, 4.69) is 5.32 Å². The van der Waals surface area contributed by atoms with Gasteiger partial charge in [0.05, 0.1) is 18.8 Å². The summed E-state index contributed by atoms with van der Waals surface area (Å²) < 4.78 is 0. The van der Waals surface area contributed by atoms with E-state index < -0.39 is 5.54 Å². The van der Waals surface area contributed by atoms with E-state index in [1.807, 2.05) is 25.3 Å². The molecule has 0 aromatic heterocycles. The van der Waals surface area contributed by atoms with Crippen molar-refractivity contribution in [2.75, 3.05) is 19.5 Å². The number of rotatable bonds is 6. The summed E-state index contributed by atoms with van der Waals surface area (Å²) in [5, 5.41) is 21.2. The Labute approximate surface area is 111 Å². The molecule has 0 spiro atoms. The fraction of sp³-hybridized carbons (Fsp3) is 0.462. The zero-order chi connectivity index (χ0) is 13.6. The van der Waals surface area contributed by atoms with Crippen LogP contribution in [0.3, 0.4) is 0 Å². The van der Waals surface area contributed by atoms with Crippen LogP contribution in [-0.4, -0.2) is 41.1 Å². The highest BCUT2D eigenvalue weighted by Gasteiger charge is 2.28. The van der Waals surface area contributed by atoms with Crippen LogP contribution in [0.15, 0.2) is 29.2 Å². The van der Waals surface area contributed by atoms with Gasteiger partial charge >= 0.3 is 0 Å². The molecular weight excluding hydrogens is 250 g/mol. The monoisotopic (exact) mass is 269 g/mol. The second kappa shape index (κ2) is 6.78. The van der Waals surface area contributed by atoms with Gasteiger partial charge < -0.3 is 15.5 Å². The second-order valence-electron chi connectivity index (χ2n) is 4.13. The Morgan fingerprint density at radius 2 is 1.83 bits per heavy atom. The molecule has 100 valence electrons. The van der Waals surface area contributed by atoms with Gasteiger partial charge in [0.15, 0.2) is 0 Å². The minimum Gasteiger partial charge on any atom is -0.394 e. The summed E-state index contributed by atoms with van der Waals surface area (Å²) in [5.74, 6) is -0.285. The molecule has 0 bridgehead atoms. The van der Waals surface area contributed by atoms with Crippen LogP contribution in [-0.2, 0) is 0 Å². The molecule has 5 heteroatoms. The molecule has 0 atom stereocenters. The highest BCUT2D eigenvalue weighted by Crippen LogP contribution is 2.16. The molecule has 0 radical (unpaired) electrons. The van der Waals surface area contributed by atoms with Crippen molar-refractivity contribution in [3.63, 3.8) is 0 Å². The Kier molecular flexibility index (Phi) is 5.65. The van der Waals surface area contributed by atoms with Crippen molar-refractivity contribution in [3.8, 4) is 0 Å². The van der Waals surface area contributed by atoms with Gasteiger partial charge in [-0.25, -0.2) is 0 Å². The largest absolute Gasteiger partial charge is 0.394 e. The molecule has 0 saturated carbocycles. The number of hydrogen-bond donors (Lipinski definition) is 3. The van der Waals surface area contributed by atoms with Gasteiger partial charge in [0.25, 0.3) is 5.91 Å². The summed E-state index contributed by atoms with van der Waals surface area (Å²) >= 11 is 1.60. The van der Waals surface area contributed by atoms with Crippen LogP contribution in [0.1, 0.15) is 23.7 Å². The van der Waals surface area contributed by atoms with Gasteiger partial charge in [-0.2, -0.15) is 0 Å². The molecule has 1 aromatic rings. The van der Waals surface area contributed by atoms with Gasteiger partial charge in [0.1, 0.15) is 0 Å². The molecule has 0 aliphatic heterocycles. The van der Waals surface area contributed by atoms with E-state index in [1.54, 1.807) is 23.9 Å². The second-order valence-corrected chi connectivity index (χ2v) is 5.01. The summed E-state index contributed by atoms with van der Waals surface area (Å²) in [6.45, 7) is 1.24. The lowest BCUT2D eigenvalue weighted by Crippen LogP contribution is -2.53. The minimum absolute atomic E-state index is 0.283. The third-order valence-electron chi connectivity index (χ3n) is 3.01. The molecule has 0 aliphatic carbocycles. The quantitative estimate of drug-likeness (QED) is 0.680. The van der Waals surface area contributed by atoms with Crippen LogP contribution in [0.25, 0.3) is 0 Å². The lowest BCUT2D eigenvalue weighted by Gasteiger charge is -2.29. The molecule has 4 nitrogen and oxygen atoms in total. The number of carbonyl (C=O) groups is 1. The van der Waals surface area contributed by atoms with Crippen LogP contribution in [0.4, 0.5) is 0 Å². The number of amides is 1.